The van der Waals surface area contributed by atoms with Crippen LogP contribution in [0.15, 0.2) is 54.6 Å². The van der Waals surface area contributed by atoms with E-state index in [2.05, 4.69) is 10.6 Å². The van der Waals surface area contributed by atoms with E-state index in [-0.39, 0.29) is 24.3 Å². The van der Waals surface area contributed by atoms with Gasteiger partial charge in [0.25, 0.3) is 0 Å². The van der Waals surface area contributed by atoms with Gasteiger partial charge in [0, 0.05) is 25.3 Å². The molecule has 0 aliphatic carbocycles. The van der Waals surface area contributed by atoms with Gasteiger partial charge in [-0.3, -0.25) is 4.79 Å². The third-order valence-electron chi connectivity index (χ3n) is 4.01. The first kappa shape index (κ1) is 15.5. The third-order valence-corrected chi connectivity index (χ3v) is 4.01. The van der Waals surface area contributed by atoms with Gasteiger partial charge >= 0.3 is 0 Å². The lowest BCUT2D eigenvalue weighted by Gasteiger charge is -2.36. The molecule has 1 amide bonds. The van der Waals surface area contributed by atoms with Crippen molar-refractivity contribution in [1.82, 2.24) is 10.2 Å². The molecule has 0 radical (unpaired) electrons. The average Bonchev–Trinajstić information content (AvgIpc) is 2.60. The molecule has 1 aliphatic heterocycles. The number of nitrogens with one attached hydrogen (secondary N) is 2. The summed E-state index contributed by atoms with van der Waals surface area (Å²) in [6.07, 6.45) is 0. The lowest BCUT2D eigenvalue weighted by molar-refractivity contribution is -0.132. The molecule has 2 aromatic carbocycles. The van der Waals surface area contributed by atoms with E-state index in [1.165, 1.54) is 12.1 Å². The van der Waals surface area contributed by atoms with Gasteiger partial charge in [0.1, 0.15) is 5.82 Å². The van der Waals surface area contributed by atoms with Crippen LogP contribution in [0.3, 0.4) is 0 Å². The number of carbonyl (C=O) groups excluding carboxylic acids is 1. The Balaban J connectivity index is 1.69. The molecular formula is C18H20FN3O. The normalized spacial score (nSPS) is 17.8. The van der Waals surface area contributed by atoms with Gasteiger partial charge in [-0.15, -0.1) is 0 Å². The highest BCUT2D eigenvalue weighted by Crippen LogP contribution is 2.23. The Labute approximate surface area is 135 Å². The second kappa shape index (κ2) is 7.24. The minimum absolute atomic E-state index is 0.0182. The number of benzene rings is 2. The van der Waals surface area contributed by atoms with E-state index >= 15 is 0 Å². The van der Waals surface area contributed by atoms with E-state index in [1.54, 1.807) is 6.07 Å². The summed E-state index contributed by atoms with van der Waals surface area (Å²) < 4.78 is 13.5. The number of rotatable bonds is 4. The topological polar surface area (TPSA) is 44.4 Å². The second-order valence-corrected chi connectivity index (χ2v) is 5.58. The van der Waals surface area contributed by atoms with Crippen molar-refractivity contribution in [3.8, 4) is 0 Å². The van der Waals surface area contributed by atoms with E-state index in [1.807, 2.05) is 41.3 Å². The minimum atomic E-state index is -0.275. The third kappa shape index (κ3) is 3.87. The van der Waals surface area contributed by atoms with Crippen molar-refractivity contribution in [3.63, 3.8) is 0 Å². The molecule has 4 nitrogen and oxygen atoms in total. The number of hydrogen-bond acceptors (Lipinski definition) is 3. The fourth-order valence-electron chi connectivity index (χ4n) is 2.85. The standard InChI is InChI=1S/C18H20FN3O/c19-15-6-4-5-14(11-15)17-12-20-9-10-22(17)18(23)13-21-16-7-2-1-3-8-16/h1-8,11,17,20-21H,9-10,12-13H2. The van der Waals surface area contributed by atoms with Gasteiger partial charge in [-0.25, -0.2) is 4.39 Å². The number of para-hydroxylation sites is 1. The molecule has 0 aromatic heterocycles. The summed E-state index contributed by atoms with van der Waals surface area (Å²) in [6, 6.07) is 16.0. The number of carbonyl (C=O) groups is 1. The smallest absolute Gasteiger partial charge is 0.242 e. The Morgan fingerprint density at radius 2 is 2.04 bits per heavy atom. The van der Waals surface area contributed by atoms with Crippen molar-refractivity contribution < 1.29 is 9.18 Å². The Bertz CT molecular complexity index is 662. The van der Waals surface area contributed by atoms with Crippen molar-refractivity contribution in [2.75, 3.05) is 31.5 Å². The molecule has 0 spiro atoms. The maximum Gasteiger partial charge on any atom is 0.242 e. The predicted molar refractivity (Wildman–Crippen MR) is 88.7 cm³/mol. The Hall–Kier alpha value is -2.40. The van der Waals surface area contributed by atoms with E-state index in [0.29, 0.717) is 13.1 Å². The molecule has 2 aromatic rings. The SMILES string of the molecule is O=C(CNc1ccccc1)N1CCNCC1c1cccc(F)c1. The summed E-state index contributed by atoms with van der Waals surface area (Å²) in [7, 11) is 0. The molecule has 1 aliphatic rings. The lowest BCUT2D eigenvalue weighted by Crippen LogP contribution is -2.50. The number of anilines is 1. The summed E-state index contributed by atoms with van der Waals surface area (Å²) in [6.45, 7) is 2.25. The molecule has 3 rings (SSSR count). The van der Waals surface area contributed by atoms with E-state index < -0.39 is 0 Å². The van der Waals surface area contributed by atoms with Gasteiger partial charge in [-0.2, -0.15) is 0 Å². The fourth-order valence-corrected chi connectivity index (χ4v) is 2.85. The fraction of sp³-hybridized carbons (Fsp3) is 0.278. The Kier molecular flexibility index (Phi) is 4.88. The first-order valence-corrected chi connectivity index (χ1v) is 7.78. The molecule has 120 valence electrons. The number of nitrogens with zero attached hydrogens (tertiary/aromatic N) is 1. The van der Waals surface area contributed by atoms with Crippen molar-refractivity contribution in [2.45, 2.75) is 6.04 Å². The highest BCUT2D eigenvalue weighted by Gasteiger charge is 2.27. The molecular weight excluding hydrogens is 293 g/mol. The van der Waals surface area contributed by atoms with E-state index in [0.717, 1.165) is 17.8 Å². The van der Waals surface area contributed by atoms with Crippen molar-refractivity contribution in [3.05, 3.63) is 66.0 Å². The van der Waals surface area contributed by atoms with Gasteiger partial charge in [-0.05, 0) is 29.8 Å². The highest BCUT2D eigenvalue weighted by atomic mass is 19.1. The van der Waals surface area contributed by atoms with Crippen LogP contribution in [0.2, 0.25) is 0 Å². The van der Waals surface area contributed by atoms with Crippen molar-refractivity contribution in [2.24, 2.45) is 0 Å². The van der Waals surface area contributed by atoms with Gasteiger partial charge in [0.15, 0.2) is 0 Å². The number of amides is 1. The van der Waals surface area contributed by atoms with Crippen LogP contribution in [0, 0.1) is 5.82 Å². The van der Waals surface area contributed by atoms with Crippen LogP contribution in [0.25, 0.3) is 0 Å². The zero-order chi connectivity index (χ0) is 16.1. The molecule has 1 atom stereocenters. The molecule has 1 fully saturated rings. The maximum absolute atomic E-state index is 13.5. The lowest BCUT2D eigenvalue weighted by atomic mass is 10.0. The molecule has 23 heavy (non-hydrogen) atoms. The predicted octanol–water partition coefficient (Wildman–Crippen LogP) is 2.41. The first-order chi connectivity index (χ1) is 11.2. The zero-order valence-electron chi connectivity index (χ0n) is 12.8. The van der Waals surface area contributed by atoms with Gasteiger partial charge < -0.3 is 15.5 Å². The summed E-state index contributed by atoms with van der Waals surface area (Å²) >= 11 is 0. The average molecular weight is 313 g/mol. The number of halogens is 1. The van der Waals surface area contributed by atoms with Crippen LogP contribution in [0.1, 0.15) is 11.6 Å². The summed E-state index contributed by atoms with van der Waals surface area (Å²) in [4.78, 5) is 14.4. The molecule has 0 bridgehead atoms. The Morgan fingerprint density at radius 3 is 2.83 bits per heavy atom. The molecule has 5 heteroatoms. The van der Waals surface area contributed by atoms with Gasteiger partial charge in [0.2, 0.25) is 5.91 Å². The van der Waals surface area contributed by atoms with Gasteiger partial charge in [0.05, 0.1) is 12.6 Å². The Morgan fingerprint density at radius 1 is 1.22 bits per heavy atom. The van der Waals surface area contributed by atoms with Crippen LogP contribution in [0.4, 0.5) is 10.1 Å². The van der Waals surface area contributed by atoms with Crippen LogP contribution in [-0.4, -0.2) is 37.0 Å². The summed E-state index contributed by atoms with van der Waals surface area (Å²) in [5, 5.41) is 6.41. The van der Waals surface area contributed by atoms with Crippen LogP contribution < -0.4 is 10.6 Å². The minimum Gasteiger partial charge on any atom is -0.376 e. The van der Waals surface area contributed by atoms with Crippen LogP contribution >= 0.6 is 0 Å². The molecule has 1 saturated heterocycles. The molecule has 1 unspecified atom stereocenters. The number of hydrogen-bond donors (Lipinski definition) is 2. The quantitative estimate of drug-likeness (QED) is 0.911. The van der Waals surface area contributed by atoms with E-state index in [4.69, 9.17) is 0 Å². The molecule has 1 heterocycles. The van der Waals surface area contributed by atoms with Crippen molar-refractivity contribution >= 4 is 11.6 Å². The van der Waals surface area contributed by atoms with E-state index in [9.17, 15) is 9.18 Å². The highest BCUT2D eigenvalue weighted by molar-refractivity contribution is 5.81. The first-order valence-electron chi connectivity index (χ1n) is 7.78. The molecule has 0 saturated carbocycles. The summed E-state index contributed by atoms with van der Waals surface area (Å²) in [5.74, 6) is -0.257. The maximum atomic E-state index is 13.5. The second-order valence-electron chi connectivity index (χ2n) is 5.58. The zero-order valence-corrected chi connectivity index (χ0v) is 12.8. The largest absolute Gasteiger partial charge is 0.376 e. The monoisotopic (exact) mass is 313 g/mol. The van der Waals surface area contributed by atoms with Crippen LogP contribution in [-0.2, 0) is 4.79 Å². The number of piperazine rings is 1. The molecule has 2 N–H and O–H groups in total. The van der Waals surface area contributed by atoms with Crippen LogP contribution in [0.5, 0.6) is 0 Å². The van der Waals surface area contributed by atoms with Gasteiger partial charge in [-0.1, -0.05) is 30.3 Å². The summed E-state index contributed by atoms with van der Waals surface area (Å²) in [5.41, 5.74) is 1.74. The van der Waals surface area contributed by atoms with Crippen molar-refractivity contribution in [1.29, 1.82) is 0 Å².